The van der Waals surface area contributed by atoms with E-state index >= 15 is 0 Å². The Labute approximate surface area is 259 Å². The van der Waals surface area contributed by atoms with Gasteiger partial charge in [0.1, 0.15) is 12.6 Å². The van der Waals surface area contributed by atoms with Gasteiger partial charge >= 0.3 is 0 Å². The van der Waals surface area contributed by atoms with Crippen LogP contribution in [0.1, 0.15) is 30.0 Å². The van der Waals surface area contributed by atoms with Crippen LogP contribution in [0, 0.1) is 6.92 Å². The van der Waals surface area contributed by atoms with Crippen LogP contribution in [0.3, 0.4) is 0 Å². The summed E-state index contributed by atoms with van der Waals surface area (Å²) in [5.41, 5.74) is 2.72. The molecule has 43 heavy (non-hydrogen) atoms. The van der Waals surface area contributed by atoms with E-state index in [9.17, 15) is 18.0 Å². The number of nitrogens with one attached hydrogen (secondary N) is 1. The van der Waals surface area contributed by atoms with Crippen molar-refractivity contribution in [3.63, 3.8) is 0 Å². The fourth-order valence-corrected chi connectivity index (χ4v) is 6.29. The van der Waals surface area contributed by atoms with Gasteiger partial charge in [-0.25, -0.2) is 8.42 Å². The Morgan fingerprint density at radius 3 is 2.00 bits per heavy atom. The Kier molecular flexibility index (Phi) is 11.0. The van der Waals surface area contributed by atoms with Crippen LogP contribution < -0.4 is 9.62 Å². The molecule has 0 saturated carbocycles. The maximum atomic E-state index is 14.4. The molecule has 0 aromatic heterocycles. The Morgan fingerprint density at radius 2 is 1.42 bits per heavy atom. The van der Waals surface area contributed by atoms with E-state index < -0.39 is 28.5 Å². The monoisotopic (exact) mass is 617 g/mol. The van der Waals surface area contributed by atoms with Crippen LogP contribution in [-0.4, -0.2) is 44.3 Å². The Morgan fingerprint density at radius 1 is 0.837 bits per heavy atom. The molecule has 4 rings (SSSR count). The van der Waals surface area contributed by atoms with Crippen LogP contribution in [0.15, 0.2) is 114 Å². The van der Waals surface area contributed by atoms with Crippen molar-refractivity contribution in [2.45, 2.75) is 44.2 Å². The summed E-state index contributed by atoms with van der Waals surface area (Å²) in [6.45, 7) is 3.81. The predicted octanol–water partition coefficient (Wildman–Crippen LogP) is 6.01. The van der Waals surface area contributed by atoms with E-state index in [1.807, 2.05) is 74.5 Å². The second-order valence-corrected chi connectivity index (χ2v) is 12.5. The predicted molar refractivity (Wildman–Crippen MR) is 171 cm³/mol. The lowest BCUT2D eigenvalue weighted by Crippen LogP contribution is -2.53. The molecule has 0 bridgehead atoms. The molecule has 2 amide bonds. The van der Waals surface area contributed by atoms with E-state index in [2.05, 4.69) is 5.32 Å². The van der Waals surface area contributed by atoms with Gasteiger partial charge in [0, 0.05) is 24.5 Å². The van der Waals surface area contributed by atoms with Gasteiger partial charge in [-0.1, -0.05) is 103 Å². The Hall–Kier alpha value is -4.14. The van der Waals surface area contributed by atoms with Crippen molar-refractivity contribution >= 4 is 39.1 Å². The zero-order chi connectivity index (χ0) is 30.8. The van der Waals surface area contributed by atoms with Crippen molar-refractivity contribution < 1.29 is 18.0 Å². The average molecular weight is 618 g/mol. The molecule has 224 valence electrons. The van der Waals surface area contributed by atoms with Crippen LogP contribution in [0.25, 0.3) is 0 Å². The molecule has 1 atom stereocenters. The second-order valence-electron chi connectivity index (χ2n) is 10.3. The van der Waals surface area contributed by atoms with Gasteiger partial charge in [0.25, 0.3) is 10.0 Å². The van der Waals surface area contributed by atoms with Crippen molar-refractivity contribution in [1.29, 1.82) is 0 Å². The van der Waals surface area contributed by atoms with Crippen molar-refractivity contribution in [2.24, 2.45) is 0 Å². The molecule has 0 aliphatic heterocycles. The molecule has 0 aliphatic carbocycles. The maximum absolute atomic E-state index is 14.4. The molecule has 7 nitrogen and oxygen atoms in total. The minimum atomic E-state index is -4.18. The van der Waals surface area contributed by atoms with Gasteiger partial charge < -0.3 is 10.2 Å². The quantitative estimate of drug-likeness (QED) is 0.199. The minimum Gasteiger partial charge on any atom is -0.354 e. The Balaban J connectivity index is 1.79. The lowest BCUT2D eigenvalue weighted by molar-refractivity contribution is -0.140. The van der Waals surface area contributed by atoms with E-state index in [1.54, 1.807) is 36.4 Å². The number of carbonyl (C=O) groups is 2. The van der Waals surface area contributed by atoms with E-state index in [-0.39, 0.29) is 29.5 Å². The Bertz CT molecular complexity index is 1620. The van der Waals surface area contributed by atoms with Crippen molar-refractivity contribution in [1.82, 2.24) is 10.2 Å². The smallest absolute Gasteiger partial charge is 0.264 e. The number of rotatable bonds is 13. The minimum absolute atomic E-state index is 0.0376. The first-order valence-corrected chi connectivity index (χ1v) is 16.0. The lowest BCUT2D eigenvalue weighted by Gasteiger charge is -2.34. The summed E-state index contributed by atoms with van der Waals surface area (Å²) in [4.78, 5) is 29.5. The molecule has 0 radical (unpaired) electrons. The number of sulfonamides is 1. The van der Waals surface area contributed by atoms with Crippen LogP contribution in [0.5, 0.6) is 0 Å². The molecule has 0 aliphatic rings. The van der Waals surface area contributed by atoms with E-state index in [4.69, 9.17) is 11.6 Å². The third-order valence-electron chi connectivity index (χ3n) is 7.07. The standard InChI is InChI=1S/C34H36ClN3O4S/c1-3-21-36-34(40)32(22-27-13-7-4-8-14-27)37(24-28-15-9-5-10-16-28)33(39)25-38(29-20-19-26(2)31(35)23-29)43(41,42)30-17-11-6-12-18-30/h4-20,23,32H,3,21-22,24-25H2,1-2H3,(H,36,40)/t32-/m1/s1. The summed E-state index contributed by atoms with van der Waals surface area (Å²) in [5, 5.41) is 3.32. The SMILES string of the molecule is CCCNC(=O)[C@@H](Cc1ccccc1)N(Cc1ccccc1)C(=O)CN(c1ccc(C)c(Cl)c1)S(=O)(=O)c1ccccc1. The highest BCUT2D eigenvalue weighted by Crippen LogP contribution is 2.29. The molecule has 0 heterocycles. The molecule has 4 aromatic rings. The van der Waals surface area contributed by atoms with Crippen LogP contribution in [0.4, 0.5) is 5.69 Å². The summed E-state index contributed by atoms with van der Waals surface area (Å²) < 4.78 is 29.1. The first-order valence-electron chi connectivity index (χ1n) is 14.2. The van der Waals surface area contributed by atoms with Gasteiger partial charge in [0.2, 0.25) is 11.8 Å². The van der Waals surface area contributed by atoms with Gasteiger partial charge in [0.05, 0.1) is 10.6 Å². The third kappa shape index (κ3) is 8.24. The number of anilines is 1. The maximum Gasteiger partial charge on any atom is 0.264 e. The lowest BCUT2D eigenvalue weighted by atomic mass is 10.0. The van der Waals surface area contributed by atoms with Crippen LogP contribution in [-0.2, 0) is 32.6 Å². The number of nitrogens with zero attached hydrogens (tertiary/aromatic N) is 2. The zero-order valence-corrected chi connectivity index (χ0v) is 25.9. The zero-order valence-electron chi connectivity index (χ0n) is 24.3. The summed E-state index contributed by atoms with van der Waals surface area (Å²) >= 11 is 6.42. The van der Waals surface area contributed by atoms with Crippen molar-refractivity contribution in [2.75, 3.05) is 17.4 Å². The fourth-order valence-electron chi connectivity index (χ4n) is 4.69. The number of carbonyl (C=O) groups excluding carboxylic acids is 2. The van der Waals surface area contributed by atoms with Gasteiger partial charge in [-0.05, 0) is 54.3 Å². The van der Waals surface area contributed by atoms with Crippen LogP contribution >= 0.6 is 11.6 Å². The first kappa shape index (κ1) is 31.8. The largest absolute Gasteiger partial charge is 0.354 e. The number of benzene rings is 4. The van der Waals surface area contributed by atoms with Crippen molar-refractivity contribution in [3.05, 3.63) is 131 Å². The molecule has 0 unspecified atom stereocenters. The highest BCUT2D eigenvalue weighted by molar-refractivity contribution is 7.92. The van der Waals surface area contributed by atoms with Gasteiger partial charge in [0.15, 0.2) is 0 Å². The summed E-state index contributed by atoms with van der Waals surface area (Å²) in [6, 6.07) is 30.8. The van der Waals surface area contributed by atoms with Crippen LogP contribution in [0.2, 0.25) is 5.02 Å². The number of amides is 2. The normalized spacial score (nSPS) is 11.9. The molecule has 0 fully saturated rings. The number of halogens is 1. The molecule has 0 saturated heterocycles. The van der Waals surface area contributed by atoms with Gasteiger partial charge in [-0.3, -0.25) is 13.9 Å². The van der Waals surface area contributed by atoms with E-state index in [0.717, 1.165) is 27.4 Å². The van der Waals surface area contributed by atoms with Gasteiger partial charge in [-0.15, -0.1) is 0 Å². The first-order chi connectivity index (χ1) is 20.7. The summed E-state index contributed by atoms with van der Waals surface area (Å²) in [5.74, 6) is -0.821. The molecule has 0 spiro atoms. The molecular formula is C34H36ClN3O4S. The number of hydrogen-bond acceptors (Lipinski definition) is 4. The highest BCUT2D eigenvalue weighted by atomic mass is 35.5. The fraction of sp³-hybridized carbons (Fsp3) is 0.235. The molecular weight excluding hydrogens is 582 g/mol. The van der Waals surface area contributed by atoms with E-state index in [1.165, 1.54) is 17.0 Å². The van der Waals surface area contributed by atoms with Gasteiger partial charge in [-0.2, -0.15) is 0 Å². The number of hydrogen-bond donors (Lipinski definition) is 1. The second kappa shape index (κ2) is 14.8. The topological polar surface area (TPSA) is 86.8 Å². The third-order valence-corrected chi connectivity index (χ3v) is 9.26. The molecule has 9 heteroatoms. The summed E-state index contributed by atoms with van der Waals surface area (Å²) in [6.07, 6.45) is 0.991. The van der Waals surface area contributed by atoms with E-state index in [0.29, 0.717) is 11.6 Å². The number of aryl methyl sites for hydroxylation is 1. The highest BCUT2D eigenvalue weighted by Gasteiger charge is 2.34. The molecule has 1 N–H and O–H groups in total. The average Bonchev–Trinajstić information content (AvgIpc) is 3.03. The summed E-state index contributed by atoms with van der Waals surface area (Å²) in [7, 11) is -4.18. The van der Waals surface area contributed by atoms with Crippen molar-refractivity contribution in [3.8, 4) is 0 Å². The molecule has 4 aromatic carbocycles.